The molecule has 25 heavy (non-hydrogen) atoms. The Bertz CT molecular complexity index is 821. The Labute approximate surface area is 148 Å². The van der Waals surface area contributed by atoms with Crippen LogP contribution in [0.15, 0.2) is 48.5 Å². The van der Waals surface area contributed by atoms with E-state index in [2.05, 4.69) is 5.32 Å². The first-order valence-electron chi connectivity index (χ1n) is 7.55. The van der Waals surface area contributed by atoms with Crippen molar-refractivity contribution in [2.24, 2.45) is 5.92 Å². The third-order valence-corrected chi connectivity index (χ3v) is 4.23. The minimum Gasteiger partial charge on any atom is -0.326 e. The van der Waals surface area contributed by atoms with Crippen LogP contribution < -0.4 is 10.2 Å². The molecule has 2 aromatic rings. The van der Waals surface area contributed by atoms with Gasteiger partial charge < -0.3 is 10.2 Å². The number of carbonyl (C=O) groups excluding carboxylic acids is 2. The Balaban J connectivity index is 1.68. The fourth-order valence-electron chi connectivity index (χ4n) is 2.66. The van der Waals surface area contributed by atoms with E-state index in [4.69, 9.17) is 11.6 Å². The monoisotopic (exact) mass is 359 g/mol. The molecule has 8 heteroatoms. The SMILES string of the molecule is O=C(Nc1ccc(Cl)cc1)[C@H]1CC(=O)N(c2ccc([N+](=O)[O-])cc2)C1. The van der Waals surface area contributed by atoms with E-state index in [0.29, 0.717) is 16.4 Å². The number of halogens is 1. The zero-order valence-electron chi connectivity index (χ0n) is 13.0. The van der Waals surface area contributed by atoms with Gasteiger partial charge in [-0.05, 0) is 36.4 Å². The summed E-state index contributed by atoms with van der Waals surface area (Å²) in [6.45, 7) is 0.232. The average Bonchev–Trinajstić information content (AvgIpc) is 2.99. The van der Waals surface area contributed by atoms with E-state index in [1.54, 1.807) is 24.3 Å². The molecule has 1 aliphatic heterocycles. The number of rotatable bonds is 4. The maximum absolute atomic E-state index is 12.4. The number of nitrogens with one attached hydrogen (secondary N) is 1. The molecule has 0 saturated carbocycles. The molecule has 128 valence electrons. The third kappa shape index (κ3) is 3.77. The van der Waals surface area contributed by atoms with Crippen LogP contribution in [0.3, 0.4) is 0 Å². The summed E-state index contributed by atoms with van der Waals surface area (Å²) >= 11 is 5.81. The highest BCUT2D eigenvalue weighted by Crippen LogP contribution is 2.27. The van der Waals surface area contributed by atoms with Crippen molar-refractivity contribution >= 4 is 40.5 Å². The van der Waals surface area contributed by atoms with E-state index in [0.717, 1.165) is 0 Å². The quantitative estimate of drug-likeness (QED) is 0.670. The summed E-state index contributed by atoms with van der Waals surface area (Å²) in [7, 11) is 0. The van der Waals surface area contributed by atoms with Crippen LogP contribution in [0.4, 0.5) is 17.1 Å². The highest BCUT2D eigenvalue weighted by atomic mass is 35.5. The lowest BCUT2D eigenvalue weighted by molar-refractivity contribution is -0.384. The van der Waals surface area contributed by atoms with Gasteiger partial charge in [-0.25, -0.2) is 0 Å². The van der Waals surface area contributed by atoms with E-state index in [1.165, 1.54) is 29.2 Å². The van der Waals surface area contributed by atoms with E-state index in [1.807, 2.05) is 0 Å². The van der Waals surface area contributed by atoms with Gasteiger partial charge in [0, 0.05) is 41.5 Å². The number of amides is 2. The molecule has 7 nitrogen and oxygen atoms in total. The number of nitro groups is 1. The van der Waals surface area contributed by atoms with E-state index in [-0.39, 0.29) is 30.5 Å². The van der Waals surface area contributed by atoms with Crippen LogP contribution in [0.1, 0.15) is 6.42 Å². The van der Waals surface area contributed by atoms with Gasteiger partial charge in [-0.2, -0.15) is 0 Å². The number of nitrogens with zero attached hydrogens (tertiary/aromatic N) is 2. The summed E-state index contributed by atoms with van der Waals surface area (Å²) in [6, 6.07) is 12.4. The predicted octanol–water partition coefficient (Wildman–Crippen LogP) is 3.24. The maximum Gasteiger partial charge on any atom is 0.269 e. The van der Waals surface area contributed by atoms with Crippen molar-refractivity contribution in [2.75, 3.05) is 16.8 Å². The van der Waals surface area contributed by atoms with Gasteiger partial charge in [0.1, 0.15) is 0 Å². The van der Waals surface area contributed by atoms with Crippen LogP contribution >= 0.6 is 11.6 Å². The van der Waals surface area contributed by atoms with Gasteiger partial charge in [-0.3, -0.25) is 19.7 Å². The molecular formula is C17H14ClN3O4. The molecular weight excluding hydrogens is 346 g/mol. The molecule has 2 aromatic carbocycles. The zero-order chi connectivity index (χ0) is 18.0. The van der Waals surface area contributed by atoms with Gasteiger partial charge in [0.05, 0.1) is 10.8 Å². The molecule has 0 spiro atoms. The topological polar surface area (TPSA) is 92.6 Å². The van der Waals surface area contributed by atoms with Crippen molar-refractivity contribution in [3.05, 3.63) is 63.7 Å². The number of non-ortho nitro benzene ring substituents is 1. The van der Waals surface area contributed by atoms with Gasteiger partial charge in [0.25, 0.3) is 5.69 Å². The Morgan fingerprint density at radius 1 is 1.16 bits per heavy atom. The van der Waals surface area contributed by atoms with Crippen molar-refractivity contribution < 1.29 is 14.5 Å². The molecule has 0 unspecified atom stereocenters. The highest BCUT2D eigenvalue weighted by Gasteiger charge is 2.35. The third-order valence-electron chi connectivity index (χ3n) is 3.98. The van der Waals surface area contributed by atoms with Gasteiger partial charge in [0.15, 0.2) is 0 Å². The van der Waals surface area contributed by atoms with Crippen LogP contribution in [-0.2, 0) is 9.59 Å². The molecule has 1 atom stereocenters. The average molecular weight is 360 g/mol. The maximum atomic E-state index is 12.4. The lowest BCUT2D eigenvalue weighted by Gasteiger charge is -2.16. The molecule has 0 bridgehead atoms. The van der Waals surface area contributed by atoms with Crippen LogP contribution in [0, 0.1) is 16.0 Å². The minimum atomic E-state index is -0.502. The van der Waals surface area contributed by atoms with Crippen molar-refractivity contribution in [1.29, 1.82) is 0 Å². The van der Waals surface area contributed by atoms with Crippen LogP contribution in [-0.4, -0.2) is 23.3 Å². The highest BCUT2D eigenvalue weighted by molar-refractivity contribution is 6.30. The normalized spacial score (nSPS) is 16.8. The molecule has 2 amide bonds. The Kier molecular flexibility index (Phi) is 4.67. The number of carbonyl (C=O) groups is 2. The second kappa shape index (κ2) is 6.90. The molecule has 1 fully saturated rings. The number of hydrogen-bond donors (Lipinski definition) is 1. The number of nitro benzene ring substituents is 1. The van der Waals surface area contributed by atoms with Crippen molar-refractivity contribution in [3.63, 3.8) is 0 Å². The summed E-state index contributed by atoms with van der Waals surface area (Å²) in [6.07, 6.45) is 0.0937. The van der Waals surface area contributed by atoms with Gasteiger partial charge in [-0.1, -0.05) is 11.6 Å². The lowest BCUT2D eigenvalue weighted by atomic mass is 10.1. The number of anilines is 2. The number of benzene rings is 2. The Hall–Kier alpha value is -2.93. The van der Waals surface area contributed by atoms with Crippen LogP contribution in [0.2, 0.25) is 5.02 Å². The smallest absolute Gasteiger partial charge is 0.269 e. The summed E-state index contributed by atoms with van der Waals surface area (Å²) in [5, 5.41) is 14.0. The first-order chi connectivity index (χ1) is 11.9. The van der Waals surface area contributed by atoms with Crippen LogP contribution in [0.25, 0.3) is 0 Å². The molecule has 0 aliphatic carbocycles. The molecule has 1 heterocycles. The zero-order valence-corrected chi connectivity index (χ0v) is 13.8. The standard InChI is InChI=1S/C17H14ClN3O4/c18-12-1-3-13(4-2-12)19-17(23)11-9-16(22)20(10-11)14-5-7-15(8-6-14)21(24)25/h1-8,11H,9-10H2,(H,19,23)/t11-/m0/s1. The molecule has 1 N–H and O–H groups in total. The molecule has 0 aromatic heterocycles. The van der Waals surface area contributed by atoms with E-state index < -0.39 is 10.8 Å². The fourth-order valence-corrected chi connectivity index (χ4v) is 2.79. The molecule has 1 aliphatic rings. The number of hydrogen-bond acceptors (Lipinski definition) is 4. The molecule has 1 saturated heterocycles. The van der Waals surface area contributed by atoms with Gasteiger partial charge >= 0.3 is 0 Å². The summed E-state index contributed by atoms with van der Waals surface area (Å²) < 4.78 is 0. The Morgan fingerprint density at radius 2 is 1.80 bits per heavy atom. The van der Waals surface area contributed by atoms with Gasteiger partial charge in [-0.15, -0.1) is 0 Å². The fraction of sp³-hybridized carbons (Fsp3) is 0.176. The summed E-state index contributed by atoms with van der Waals surface area (Å²) in [5.41, 5.74) is 1.10. The first-order valence-corrected chi connectivity index (χ1v) is 7.93. The summed E-state index contributed by atoms with van der Waals surface area (Å²) in [5.74, 6) is -0.927. The predicted molar refractivity (Wildman–Crippen MR) is 93.6 cm³/mol. The van der Waals surface area contributed by atoms with Crippen LogP contribution in [0.5, 0.6) is 0 Å². The second-order valence-electron chi connectivity index (χ2n) is 5.68. The van der Waals surface area contributed by atoms with Crippen molar-refractivity contribution in [2.45, 2.75) is 6.42 Å². The first kappa shape index (κ1) is 16.9. The lowest BCUT2D eigenvalue weighted by Crippen LogP contribution is -2.28. The van der Waals surface area contributed by atoms with E-state index >= 15 is 0 Å². The largest absolute Gasteiger partial charge is 0.326 e. The molecule has 0 radical (unpaired) electrons. The summed E-state index contributed by atoms with van der Waals surface area (Å²) in [4.78, 5) is 36.2. The molecule has 3 rings (SSSR count). The van der Waals surface area contributed by atoms with Crippen molar-refractivity contribution in [1.82, 2.24) is 0 Å². The second-order valence-corrected chi connectivity index (χ2v) is 6.11. The Morgan fingerprint density at radius 3 is 2.40 bits per heavy atom. The minimum absolute atomic E-state index is 0.0487. The van der Waals surface area contributed by atoms with E-state index in [9.17, 15) is 19.7 Å². The van der Waals surface area contributed by atoms with Gasteiger partial charge in [0.2, 0.25) is 11.8 Å². The van der Waals surface area contributed by atoms with Crippen molar-refractivity contribution in [3.8, 4) is 0 Å².